The van der Waals surface area contributed by atoms with E-state index in [1.807, 2.05) is 31.4 Å². The van der Waals surface area contributed by atoms with Crippen LogP contribution in [0.25, 0.3) is 0 Å². The third kappa shape index (κ3) is 4.55. The van der Waals surface area contributed by atoms with Crippen molar-refractivity contribution in [2.45, 2.75) is 63.3 Å². The quantitative estimate of drug-likeness (QED) is 0.444. The lowest BCUT2D eigenvalue weighted by Crippen LogP contribution is -2.24. The molecule has 0 radical (unpaired) electrons. The highest BCUT2D eigenvalue weighted by molar-refractivity contribution is 7.98. The molecule has 0 unspecified atom stereocenters. The molecule has 1 aliphatic carbocycles. The maximum absolute atomic E-state index is 12.5. The van der Waals surface area contributed by atoms with Crippen molar-refractivity contribution in [3.63, 3.8) is 0 Å². The summed E-state index contributed by atoms with van der Waals surface area (Å²) in [6.45, 7) is 5.48. The van der Waals surface area contributed by atoms with E-state index in [1.165, 1.54) is 43.9 Å². The summed E-state index contributed by atoms with van der Waals surface area (Å²) < 4.78 is 0. The van der Waals surface area contributed by atoms with E-state index >= 15 is 0 Å². The fraction of sp³-hybridized carbons (Fsp3) is 0.429. The highest BCUT2D eigenvalue weighted by Crippen LogP contribution is 2.38. The summed E-state index contributed by atoms with van der Waals surface area (Å²) in [5.74, 6) is 2.04. The first-order valence-electron chi connectivity index (χ1n) is 9.99. The number of halogens is 1. The molecule has 4 rings (SSSR count). The first kappa shape index (κ1) is 21.3. The molecule has 158 valence electrons. The number of H-pyrrole nitrogens is 1. The predicted octanol–water partition coefficient (Wildman–Crippen LogP) is 6.17. The lowest BCUT2D eigenvalue weighted by atomic mass is 10.1. The van der Waals surface area contributed by atoms with Crippen LogP contribution in [0.5, 0.6) is 0 Å². The van der Waals surface area contributed by atoms with Crippen LogP contribution in [0.3, 0.4) is 0 Å². The van der Waals surface area contributed by atoms with Crippen molar-refractivity contribution in [1.29, 1.82) is 0 Å². The van der Waals surface area contributed by atoms with Gasteiger partial charge in [0.05, 0.1) is 16.4 Å². The van der Waals surface area contributed by atoms with Gasteiger partial charge >= 0.3 is 0 Å². The number of thioether (sulfide) groups is 1. The first-order chi connectivity index (χ1) is 14.4. The van der Waals surface area contributed by atoms with Crippen molar-refractivity contribution >= 4 is 51.4 Å². The minimum Gasteiger partial charge on any atom is -0.274 e. The summed E-state index contributed by atoms with van der Waals surface area (Å²) in [7, 11) is 0. The van der Waals surface area contributed by atoms with E-state index in [4.69, 9.17) is 16.6 Å². The molecule has 0 saturated heterocycles. The van der Waals surface area contributed by atoms with E-state index in [2.05, 4.69) is 15.2 Å². The van der Waals surface area contributed by atoms with E-state index in [0.717, 1.165) is 27.8 Å². The molecule has 1 aliphatic rings. The number of carbonyl (C=O) groups excluding carboxylic acids is 1. The number of amides is 1. The molecule has 1 saturated carbocycles. The van der Waals surface area contributed by atoms with Gasteiger partial charge in [0.2, 0.25) is 11.1 Å². The fourth-order valence-corrected chi connectivity index (χ4v) is 5.97. The number of nitrogens with one attached hydrogen (secondary N) is 1. The summed E-state index contributed by atoms with van der Waals surface area (Å²) in [6.07, 6.45) is 4.92. The Morgan fingerprint density at radius 3 is 2.77 bits per heavy atom. The molecule has 1 N–H and O–H groups in total. The van der Waals surface area contributed by atoms with Crippen LogP contribution < -0.4 is 4.90 Å². The van der Waals surface area contributed by atoms with Gasteiger partial charge in [-0.05, 0) is 43.9 Å². The van der Waals surface area contributed by atoms with Gasteiger partial charge in [0.1, 0.15) is 5.82 Å². The van der Waals surface area contributed by atoms with Gasteiger partial charge in [-0.25, -0.2) is 9.97 Å². The summed E-state index contributed by atoms with van der Waals surface area (Å²) in [4.78, 5) is 23.4. The van der Waals surface area contributed by atoms with Crippen LogP contribution in [-0.4, -0.2) is 26.1 Å². The normalized spacial score (nSPS) is 14.4. The number of aryl methyl sites for hydroxylation is 2. The Morgan fingerprint density at radius 2 is 2.07 bits per heavy atom. The topological polar surface area (TPSA) is 74.8 Å². The van der Waals surface area contributed by atoms with Crippen molar-refractivity contribution in [1.82, 2.24) is 20.2 Å². The Balaban J connectivity index is 1.49. The molecule has 3 aromatic rings. The zero-order valence-corrected chi connectivity index (χ0v) is 19.6. The molecule has 1 aromatic carbocycles. The van der Waals surface area contributed by atoms with E-state index < -0.39 is 0 Å². The van der Waals surface area contributed by atoms with Crippen LogP contribution in [0, 0.1) is 13.8 Å². The zero-order chi connectivity index (χ0) is 21.3. The molecule has 6 nitrogen and oxygen atoms in total. The minimum atomic E-state index is -0.118. The molecule has 9 heteroatoms. The molecule has 30 heavy (non-hydrogen) atoms. The van der Waals surface area contributed by atoms with Crippen molar-refractivity contribution < 1.29 is 4.79 Å². The molecule has 0 spiro atoms. The number of anilines is 2. The van der Waals surface area contributed by atoms with Crippen LogP contribution in [0.4, 0.5) is 10.8 Å². The van der Waals surface area contributed by atoms with Crippen LogP contribution in [0.15, 0.2) is 22.7 Å². The van der Waals surface area contributed by atoms with Crippen LogP contribution in [0.1, 0.15) is 61.2 Å². The van der Waals surface area contributed by atoms with Crippen LogP contribution in [-0.2, 0) is 10.5 Å². The Hall–Kier alpha value is -1.90. The van der Waals surface area contributed by atoms with Gasteiger partial charge in [-0.3, -0.25) is 14.8 Å². The number of carbonyl (C=O) groups is 1. The second kappa shape index (κ2) is 9.08. The number of hydrogen-bond donors (Lipinski definition) is 1. The number of nitrogens with zero attached hydrogens (tertiary/aromatic N) is 4. The maximum Gasteiger partial charge on any atom is 0.230 e. The summed E-state index contributed by atoms with van der Waals surface area (Å²) >= 11 is 9.47. The van der Waals surface area contributed by atoms with Crippen molar-refractivity contribution in [3.05, 3.63) is 45.2 Å². The van der Waals surface area contributed by atoms with Gasteiger partial charge in [0.15, 0.2) is 5.13 Å². The van der Waals surface area contributed by atoms with Gasteiger partial charge < -0.3 is 0 Å². The van der Waals surface area contributed by atoms with E-state index in [1.54, 1.807) is 16.7 Å². The van der Waals surface area contributed by atoms with E-state index in [-0.39, 0.29) is 5.91 Å². The maximum atomic E-state index is 12.5. The summed E-state index contributed by atoms with van der Waals surface area (Å²) in [5.41, 5.74) is 3.59. The Morgan fingerprint density at radius 1 is 1.30 bits per heavy atom. The number of thiazole rings is 1. The highest BCUT2D eigenvalue weighted by atomic mass is 35.5. The van der Waals surface area contributed by atoms with E-state index in [9.17, 15) is 4.79 Å². The lowest BCUT2D eigenvalue weighted by Gasteiger charge is -2.22. The Bertz CT molecular complexity index is 1030. The second-order valence-electron chi connectivity index (χ2n) is 7.66. The summed E-state index contributed by atoms with van der Waals surface area (Å²) in [6, 6.07) is 3.89. The second-order valence-corrected chi connectivity index (χ2v) is 9.85. The monoisotopic (exact) mass is 461 g/mol. The number of aromatic nitrogens is 4. The molecular weight excluding hydrogens is 438 g/mol. The third-order valence-electron chi connectivity index (χ3n) is 5.24. The SMILES string of the molecule is CC(=O)N(c1nc(CSc2n[nH]c(C3CCCC3)n2)cs1)c1c(C)cc(C)cc1Cl. The third-order valence-corrected chi connectivity index (χ3v) is 7.28. The predicted molar refractivity (Wildman–Crippen MR) is 123 cm³/mol. The van der Waals surface area contributed by atoms with Crippen molar-refractivity contribution in [3.8, 4) is 0 Å². The molecule has 0 bridgehead atoms. The fourth-order valence-electron chi connectivity index (χ4n) is 3.89. The lowest BCUT2D eigenvalue weighted by molar-refractivity contribution is -0.115. The number of rotatable bonds is 6. The smallest absolute Gasteiger partial charge is 0.230 e. The van der Waals surface area contributed by atoms with Crippen molar-refractivity contribution in [2.24, 2.45) is 0 Å². The molecule has 0 aliphatic heterocycles. The molecule has 2 heterocycles. The Kier molecular flexibility index (Phi) is 6.46. The minimum absolute atomic E-state index is 0.118. The Labute approximate surface area is 189 Å². The standard InChI is InChI=1S/C21H24ClN5OS2/c1-12-8-13(2)18(17(22)9-12)27(14(3)28)21-23-16(11-30-21)10-29-20-24-19(25-26-20)15-6-4-5-7-15/h8-9,11,15H,4-7,10H2,1-3H3,(H,24,25,26). The van der Waals surface area contributed by atoms with Crippen molar-refractivity contribution in [2.75, 3.05) is 4.90 Å². The number of hydrogen-bond acceptors (Lipinski definition) is 6. The van der Waals surface area contributed by atoms with Gasteiger partial charge in [-0.15, -0.1) is 16.4 Å². The highest BCUT2D eigenvalue weighted by Gasteiger charge is 2.23. The zero-order valence-electron chi connectivity index (χ0n) is 17.2. The average Bonchev–Trinajstić information content (AvgIpc) is 3.44. The van der Waals surface area contributed by atoms with Gasteiger partial charge in [0.25, 0.3) is 0 Å². The van der Waals surface area contributed by atoms with Crippen LogP contribution >= 0.6 is 34.7 Å². The largest absolute Gasteiger partial charge is 0.274 e. The molecule has 0 atom stereocenters. The summed E-state index contributed by atoms with van der Waals surface area (Å²) in [5, 5.41) is 11.3. The first-order valence-corrected chi connectivity index (χ1v) is 12.2. The number of aromatic amines is 1. The molecule has 1 amide bonds. The van der Waals surface area contributed by atoms with Gasteiger partial charge in [0, 0.05) is 24.0 Å². The molecule has 2 aromatic heterocycles. The molecule has 1 fully saturated rings. The number of benzene rings is 1. The van der Waals surface area contributed by atoms with E-state index in [0.29, 0.717) is 27.5 Å². The molecular formula is C21H24ClN5OS2. The average molecular weight is 462 g/mol. The van der Waals surface area contributed by atoms with Crippen LogP contribution in [0.2, 0.25) is 5.02 Å². The van der Waals surface area contributed by atoms with Gasteiger partial charge in [-0.2, -0.15) is 0 Å². The van der Waals surface area contributed by atoms with Gasteiger partial charge in [-0.1, -0.05) is 42.3 Å².